The van der Waals surface area contributed by atoms with Gasteiger partial charge in [-0.1, -0.05) is 11.6 Å². The summed E-state index contributed by atoms with van der Waals surface area (Å²) in [5.41, 5.74) is 0.117. The molecule has 9 heteroatoms. The number of rotatable bonds is 5. The Bertz CT molecular complexity index is 535. The molecule has 1 rings (SSSR count). The average Bonchev–Trinajstić information content (AvgIpc) is 2.33. The molecule has 0 atom stereocenters. The van der Waals surface area contributed by atoms with Crippen molar-refractivity contribution in [2.75, 3.05) is 11.9 Å². The van der Waals surface area contributed by atoms with Crippen LogP contribution in [0.1, 0.15) is 23.2 Å². The summed E-state index contributed by atoms with van der Waals surface area (Å²) in [6, 6.07) is 3.07. The highest BCUT2D eigenvalue weighted by atomic mass is 35.5. The normalized spacial score (nSPS) is 11.0. The number of alkyl halides is 3. The van der Waals surface area contributed by atoms with Crippen molar-refractivity contribution in [3.05, 3.63) is 28.8 Å². The second kappa shape index (κ2) is 7.16. The van der Waals surface area contributed by atoms with Gasteiger partial charge < -0.3 is 15.7 Å². The van der Waals surface area contributed by atoms with Crippen LogP contribution in [0.3, 0.4) is 0 Å². The molecule has 1 aromatic rings. The molecular formula is C12H12ClF3N2O3. The monoisotopic (exact) mass is 324 g/mol. The number of amides is 2. The van der Waals surface area contributed by atoms with Gasteiger partial charge in [-0.05, 0) is 24.6 Å². The van der Waals surface area contributed by atoms with Crippen LogP contribution in [0.4, 0.5) is 23.7 Å². The highest BCUT2D eigenvalue weighted by Gasteiger charge is 2.25. The van der Waals surface area contributed by atoms with Crippen molar-refractivity contribution >= 4 is 29.3 Å². The van der Waals surface area contributed by atoms with Gasteiger partial charge in [0.2, 0.25) is 0 Å². The van der Waals surface area contributed by atoms with Crippen molar-refractivity contribution in [2.24, 2.45) is 0 Å². The van der Waals surface area contributed by atoms with Crippen LogP contribution < -0.4 is 10.6 Å². The number of nitrogens with one attached hydrogen (secondary N) is 2. The van der Waals surface area contributed by atoms with E-state index in [0.29, 0.717) is 0 Å². The van der Waals surface area contributed by atoms with Gasteiger partial charge in [-0.2, -0.15) is 13.2 Å². The van der Waals surface area contributed by atoms with Crippen molar-refractivity contribution in [3.8, 4) is 0 Å². The third-order valence-electron chi connectivity index (χ3n) is 2.38. The molecule has 0 unspecified atom stereocenters. The maximum Gasteiger partial charge on any atom is 0.389 e. The minimum atomic E-state index is -4.25. The van der Waals surface area contributed by atoms with Gasteiger partial charge in [0.05, 0.1) is 10.6 Å². The van der Waals surface area contributed by atoms with Gasteiger partial charge in [0.25, 0.3) is 0 Å². The number of benzene rings is 1. The fraction of sp³-hybridized carbons (Fsp3) is 0.333. The molecule has 0 fully saturated rings. The molecule has 0 radical (unpaired) electrons. The molecule has 0 aliphatic rings. The van der Waals surface area contributed by atoms with Crippen LogP contribution in [-0.2, 0) is 0 Å². The second-order valence-corrected chi connectivity index (χ2v) is 4.51. The second-order valence-electron chi connectivity index (χ2n) is 4.10. The van der Waals surface area contributed by atoms with E-state index < -0.39 is 24.6 Å². The Morgan fingerprint density at radius 2 is 1.95 bits per heavy atom. The number of carbonyl (C=O) groups is 2. The van der Waals surface area contributed by atoms with Crippen LogP contribution in [0.25, 0.3) is 0 Å². The summed E-state index contributed by atoms with van der Waals surface area (Å²) in [4.78, 5) is 22.1. The van der Waals surface area contributed by atoms with Crippen molar-refractivity contribution in [1.82, 2.24) is 5.32 Å². The van der Waals surface area contributed by atoms with Gasteiger partial charge in [0.1, 0.15) is 0 Å². The molecule has 1 aromatic carbocycles. The first-order valence-electron chi connectivity index (χ1n) is 5.83. The van der Waals surface area contributed by atoms with E-state index in [-0.39, 0.29) is 29.2 Å². The maximum absolute atomic E-state index is 11.9. The number of carboxylic acid groups (broad SMARTS) is 1. The van der Waals surface area contributed by atoms with Gasteiger partial charge in [-0.25, -0.2) is 9.59 Å². The summed E-state index contributed by atoms with van der Waals surface area (Å²) < 4.78 is 35.7. The first-order chi connectivity index (χ1) is 9.69. The molecular weight excluding hydrogens is 313 g/mol. The summed E-state index contributed by atoms with van der Waals surface area (Å²) >= 11 is 5.71. The van der Waals surface area contributed by atoms with E-state index in [9.17, 15) is 22.8 Å². The third kappa shape index (κ3) is 6.35. The van der Waals surface area contributed by atoms with Gasteiger partial charge in [-0.15, -0.1) is 0 Å². The van der Waals surface area contributed by atoms with Crippen molar-refractivity contribution in [2.45, 2.75) is 19.0 Å². The zero-order chi connectivity index (χ0) is 16.0. The van der Waals surface area contributed by atoms with Crippen LogP contribution in [0.2, 0.25) is 5.02 Å². The van der Waals surface area contributed by atoms with Crippen molar-refractivity contribution < 1.29 is 27.9 Å². The van der Waals surface area contributed by atoms with Crippen LogP contribution in [0.15, 0.2) is 18.2 Å². The van der Waals surface area contributed by atoms with Crippen LogP contribution in [0, 0.1) is 0 Å². The van der Waals surface area contributed by atoms with Gasteiger partial charge in [-0.3, -0.25) is 0 Å². The smallest absolute Gasteiger partial charge is 0.389 e. The highest BCUT2D eigenvalue weighted by molar-refractivity contribution is 6.33. The topological polar surface area (TPSA) is 78.4 Å². The fourth-order valence-electron chi connectivity index (χ4n) is 1.43. The molecule has 0 aromatic heterocycles. The van der Waals surface area contributed by atoms with E-state index in [1.165, 1.54) is 18.2 Å². The Labute approximate surface area is 123 Å². The number of hydrogen-bond acceptors (Lipinski definition) is 2. The first-order valence-corrected chi connectivity index (χ1v) is 6.21. The van der Waals surface area contributed by atoms with Crippen LogP contribution >= 0.6 is 11.6 Å². The lowest BCUT2D eigenvalue weighted by molar-refractivity contribution is -0.135. The first kappa shape index (κ1) is 17.1. The molecule has 21 heavy (non-hydrogen) atoms. The van der Waals surface area contributed by atoms with E-state index in [2.05, 4.69) is 10.6 Å². The van der Waals surface area contributed by atoms with E-state index in [1.54, 1.807) is 0 Å². The van der Waals surface area contributed by atoms with Gasteiger partial charge in [0.15, 0.2) is 0 Å². The molecule has 0 saturated carbocycles. The Balaban J connectivity index is 2.45. The number of aromatic carboxylic acids is 1. The number of halogens is 4. The summed E-state index contributed by atoms with van der Waals surface area (Å²) in [6.45, 7) is -0.133. The number of anilines is 1. The molecule has 3 N–H and O–H groups in total. The van der Waals surface area contributed by atoms with Crippen molar-refractivity contribution in [1.29, 1.82) is 0 Å². The molecule has 0 aliphatic carbocycles. The quantitative estimate of drug-likeness (QED) is 0.725. The van der Waals surface area contributed by atoms with Gasteiger partial charge >= 0.3 is 18.2 Å². The van der Waals surface area contributed by atoms with Gasteiger partial charge in [0, 0.05) is 18.7 Å². The molecule has 116 valence electrons. The summed E-state index contributed by atoms with van der Waals surface area (Å²) in [7, 11) is 0. The molecule has 2 amide bonds. The largest absolute Gasteiger partial charge is 0.478 e. The number of urea groups is 1. The lowest BCUT2D eigenvalue weighted by Crippen LogP contribution is -2.30. The Hall–Kier alpha value is -1.96. The Morgan fingerprint density at radius 1 is 1.29 bits per heavy atom. The molecule has 0 aliphatic heterocycles. The summed E-state index contributed by atoms with van der Waals surface area (Å²) in [5.74, 6) is -1.21. The number of hydrogen-bond donors (Lipinski definition) is 3. The van der Waals surface area contributed by atoms with E-state index >= 15 is 0 Å². The summed E-state index contributed by atoms with van der Waals surface area (Å²) in [5, 5.41) is 13.3. The van der Waals surface area contributed by atoms with E-state index in [0.717, 1.165) is 0 Å². The third-order valence-corrected chi connectivity index (χ3v) is 2.69. The Kier molecular flexibility index (Phi) is 5.83. The van der Waals surface area contributed by atoms with Crippen LogP contribution in [-0.4, -0.2) is 29.8 Å². The Morgan fingerprint density at radius 3 is 2.48 bits per heavy atom. The zero-order valence-electron chi connectivity index (χ0n) is 10.6. The lowest BCUT2D eigenvalue weighted by atomic mass is 10.2. The zero-order valence-corrected chi connectivity index (χ0v) is 11.4. The standard InChI is InChI=1S/C12H12ClF3N2O3/c13-9-6-7(2-3-8(9)10(19)20)18-11(21)17-5-1-4-12(14,15)16/h2-3,6H,1,4-5H2,(H,19,20)(H2,17,18,21). The highest BCUT2D eigenvalue weighted by Crippen LogP contribution is 2.21. The van der Waals surface area contributed by atoms with Crippen LogP contribution in [0.5, 0.6) is 0 Å². The lowest BCUT2D eigenvalue weighted by Gasteiger charge is -2.09. The van der Waals surface area contributed by atoms with E-state index in [1.807, 2.05) is 0 Å². The molecule has 0 heterocycles. The molecule has 0 bridgehead atoms. The van der Waals surface area contributed by atoms with Crippen molar-refractivity contribution in [3.63, 3.8) is 0 Å². The predicted octanol–water partition coefficient (Wildman–Crippen LogP) is 3.50. The number of carbonyl (C=O) groups excluding carboxylic acids is 1. The molecule has 0 saturated heterocycles. The maximum atomic E-state index is 11.9. The predicted molar refractivity (Wildman–Crippen MR) is 70.7 cm³/mol. The van der Waals surface area contributed by atoms with E-state index in [4.69, 9.17) is 16.7 Å². The SMILES string of the molecule is O=C(NCCCC(F)(F)F)Nc1ccc(C(=O)O)c(Cl)c1. The number of carboxylic acids is 1. The fourth-order valence-corrected chi connectivity index (χ4v) is 1.69. The molecule has 5 nitrogen and oxygen atoms in total. The average molecular weight is 325 g/mol. The minimum absolute atomic E-state index is 0.0580. The minimum Gasteiger partial charge on any atom is -0.478 e. The molecule has 0 spiro atoms. The summed E-state index contributed by atoms with van der Waals surface area (Å²) in [6.07, 6.45) is -5.46.